The fraction of sp³-hybridized carbons (Fsp3) is 0.211. The van der Waals surface area contributed by atoms with E-state index >= 15 is 0 Å². The Balaban J connectivity index is 2.33. The number of anilines is 2. The molecule has 1 amide bonds. The topological polar surface area (TPSA) is 76.7 Å². The third-order valence-corrected chi connectivity index (χ3v) is 5.43. The molecule has 2 aromatic carbocycles. The molecule has 0 aromatic heterocycles. The van der Waals surface area contributed by atoms with Crippen molar-refractivity contribution in [3.63, 3.8) is 0 Å². The first-order chi connectivity index (χ1) is 12.6. The molecule has 26 heavy (non-hydrogen) atoms. The summed E-state index contributed by atoms with van der Waals surface area (Å²) >= 11 is 0. The Labute approximate surface area is 153 Å². The van der Waals surface area contributed by atoms with E-state index in [1.807, 2.05) is 36.4 Å². The molecule has 2 rings (SSSR count). The summed E-state index contributed by atoms with van der Waals surface area (Å²) in [7, 11) is -3.77. The van der Waals surface area contributed by atoms with E-state index in [1.165, 1.54) is 6.20 Å². The molecule has 0 bridgehead atoms. The number of amides is 1. The second-order valence-corrected chi connectivity index (χ2v) is 7.19. The van der Waals surface area contributed by atoms with Crippen LogP contribution < -0.4 is 10.6 Å². The van der Waals surface area contributed by atoms with Crippen molar-refractivity contribution < 1.29 is 18.4 Å². The molecule has 6 nitrogen and oxygen atoms in total. The first kappa shape index (κ1) is 19.9. The van der Waals surface area contributed by atoms with Gasteiger partial charge in [-0.2, -0.15) is 0 Å². The average Bonchev–Trinajstić information content (AvgIpc) is 2.64. The lowest BCUT2D eigenvalue weighted by molar-refractivity contribution is -0.112. The summed E-state index contributed by atoms with van der Waals surface area (Å²) in [4.78, 5) is 12.8. The third kappa shape index (κ3) is 5.56. The van der Waals surface area contributed by atoms with Crippen LogP contribution in [-0.4, -0.2) is 19.1 Å². The highest BCUT2D eigenvalue weighted by molar-refractivity contribution is 7.60. The molecular formula is C19H23N2O4P. The van der Waals surface area contributed by atoms with Crippen molar-refractivity contribution in [1.82, 2.24) is 0 Å². The molecular weight excluding hydrogens is 351 g/mol. The standard InChI is InChI=1S/C19H23N2O4P/c1-3-24-26(23,25-4-2)18(15-20-16-11-7-5-8-12-16)19(22)21-17-13-9-6-10-14-17/h5-15,20H,3-4H2,1-2H3,(H,21,22)/b18-15+. The van der Waals surface area contributed by atoms with Crippen LogP contribution in [0.25, 0.3) is 0 Å². The molecule has 7 heteroatoms. The predicted octanol–water partition coefficient (Wildman–Crippen LogP) is 4.84. The number of carbonyl (C=O) groups is 1. The Hall–Kier alpha value is -2.40. The zero-order chi connectivity index (χ0) is 18.8. The third-order valence-electron chi connectivity index (χ3n) is 3.31. The highest BCUT2D eigenvalue weighted by Gasteiger charge is 2.35. The summed E-state index contributed by atoms with van der Waals surface area (Å²) in [5, 5.41) is 5.61. The summed E-state index contributed by atoms with van der Waals surface area (Å²) in [6.45, 7) is 3.70. The Morgan fingerprint density at radius 1 is 0.923 bits per heavy atom. The molecule has 0 unspecified atom stereocenters. The van der Waals surface area contributed by atoms with Crippen LogP contribution in [0.4, 0.5) is 11.4 Å². The van der Waals surface area contributed by atoms with Crippen molar-refractivity contribution in [2.45, 2.75) is 13.8 Å². The van der Waals surface area contributed by atoms with Gasteiger partial charge in [0.1, 0.15) is 5.31 Å². The summed E-state index contributed by atoms with van der Waals surface area (Å²) in [6.07, 6.45) is 1.37. The van der Waals surface area contributed by atoms with E-state index in [4.69, 9.17) is 9.05 Å². The summed E-state index contributed by atoms with van der Waals surface area (Å²) in [5.74, 6) is -0.551. The van der Waals surface area contributed by atoms with Crippen LogP contribution in [0.1, 0.15) is 13.8 Å². The lowest BCUT2D eigenvalue weighted by Crippen LogP contribution is -2.17. The first-order valence-electron chi connectivity index (χ1n) is 8.37. The molecule has 2 aromatic rings. The van der Waals surface area contributed by atoms with Crippen LogP contribution in [0.5, 0.6) is 0 Å². The molecule has 138 valence electrons. The normalized spacial score (nSPS) is 11.8. The number of carbonyl (C=O) groups excluding carboxylic acids is 1. The van der Waals surface area contributed by atoms with Gasteiger partial charge in [0.05, 0.1) is 13.2 Å². The van der Waals surface area contributed by atoms with E-state index in [9.17, 15) is 9.36 Å². The maximum atomic E-state index is 13.2. The zero-order valence-corrected chi connectivity index (χ0v) is 15.7. The number of benzene rings is 2. The molecule has 0 heterocycles. The molecule has 2 N–H and O–H groups in total. The highest BCUT2D eigenvalue weighted by Crippen LogP contribution is 2.56. The molecule has 0 aliphatic heterocycles. The zero-order valence-electron chi connectivity index (χ0n) is 14.8. The van der Waals surface area contributed by atoms with E-state index in [0.29, 0.717) is 5.69 Å². The van der Waals surface area contributed by atoms with Crippen molar-refractivity contribution in [2.75, 3.05) is 23.8 Å². The predicted molar refractivity (Wildman–Crippen MR) is 104 cm³/mol. The minimum atomic E-state index is -3.77. The fourth-order valence-electron chi connectivity index (χ4n) is 2.19. The van der Waals surface area contributed by atoms with Gasteiger partial charge in [-0.05, 0) is 38.1 Å². The van der Waals surface area contributed by atoms with Crippen molar-refractivity contribution in [3.8, 4) is 0 Å². The van der Waals surface area contributed by atoms with Gasteiger partial charge in [0, 0.05) is 17.6 Å². The van der Waals surface area contributed by atoms with Gasteiger partial charge in [0.15, 0.2) is 0 Å². The van der Waals surface area contributed by atoms with E-state index in [-0.39, 0.29) is 18.5 Å². The number of hydrogen-bond donors (Lipinski definition) is 2. The molecule has 0 saturated carbocycles. The minimum Gasteiger partial charge on any atom is -0.361 e. The second-order valence-electron chi connectivity index (χ2n) is 5.19. The van der Waals surface area contributed by atoms with Gasteiger partial charge in [-0.15, -0.1) is 0 Å². The van der Waals surface area contributed by atoms with Gasteiger partial charge in [0.2, 0.25) is 0 Å². The maximum Gasteiger partial charge on any atom is 0.368 e. The Morgan fingerprint density at radius 2 is 1.42 bits per heavy atom. The number of hydrogen-bond acceptors (Lipinski definition) is 5. The van der Waals surface area contributed by atoms with E-state index in [0.717, 1.165) is 5.69 Å². The Morgan fingerprint density at radius 3 is 1.92 bits per heavy atom. The molecule has 0 aliphatic rings. The minimum absolute atomic E-state index is 0.0890. The van der Waals surface area contributed by atoms with Gasteiger partial charge < -0.3 is 19.7 Å². The Bertz CT molecular complexity index is 769. The number of nitrogens with one attached hydrogen (secondary N) is 2. The lowest BCUT2D eigenvalue weighted by Gasteiger charge is -2.20. The van der Waals surface area contributed by atoms with Crippen LogP contribution in [0.2, 0.25) is 0 Å². The molecule has 0 radical (unpaired) electrons. The maximum absolute atomic E-state index is 13.2. The average molecular weight is 374 g/mol. The lowest BCUT2D eigenvalue weighted by atomic mass is 10.3. The Kier molecular flexibility index (Phi) is 7.60. The van der Waals surface area contributed by atoms with Crippen LogP contribution in [0, 0.1) is 0 Å². The first-order valence-corrected chi connectivity index (χ1v) is 9.91. The fourth-order valence-corrected chi connectivity index (χ4v) is 3.75. The van der Waals surface area contributed by atoms with Crippen molar-refractivity contribution >= 4 is 24.9 Å². The van der Waals surface area contributed by atoms with Gasteiger partial charge >= 0.3 is 7.60 Å². The van der Waals surface area contributed by atoms with Crippen LogP contribution in [0.15, 0.2) is 72.2 Å². The van der Waals surface area contributed by atoms with Crippen LogP contribution in [0.3, 0.4) is 0 Å². The van der Waals surface area contributed by atoms with Crippen molar-refractivity contribution in [2.24, 2.45) is 0 Å². The van der Waals surface area contributed by atoms with Gasteiger partial charge in [0.25, 0.3) is 5.91 Å². The second kappa shape index (κ2) is 9.92. The van der Waals surface area contributed by atoms with E-state index < -0.39 is 13.5 Å². The highest BCUT2D eigenvalue weighted by atomic mass is 31.2. The van der Waals surface area contributed by atoms with E-state index in [2.05, 4.69) is 10.6 Å². The number of rotatable bonds is 9. The molecule has 0 aliphatic carbocycles. The molecule has 0 atom stereocenters. The van der Waals surface area contributed by atoms with E-state index in [1.54, 1.807) is 38.1 Å². The van der Waals surface area contributed by atoms with Gasteiger partial charge in [-0.3, -0.25) is 9.36 Å². The van der Waals surface area contributed by atoms with Crippen molar-refractivity contribution in [1.29, 1.82) is 0 Å². The van der Waals surface area contributed by atoms with Crippen LogP contribution in [-0.2, 0) is 18.4 Å². The molecule has 0 spiro atoms. The van der Waals surface area contributed by atoms with Gasteiger partial charge in [-0.1, -0.05) is 36.4 Å². The quantitative estimate of drug-likeness (QED) is 0.485. The number of para-hydroxylation sites is 2. The summed E-state index contributed by atoms with van der Waals surface area (Å²) < 4.78 is 23.8. The summed E-state index contributed by atoms with van der Waals surface area (Å²) in [6, 6.07) is 18.2. The monoisotopic (exact) mass is 374 g/mol. The smallest absolute Gasteiger partial charge is 0.361 e. The SMILES string of the molecule is CCOP(=O)(OCC)/C(=C/Nc1ccccc1)C(=O)Nc1ccccc1. The molecule has 0 saturated heterocycles. The van der Waals surface area contributed by atoms with Crippen molar-refractivity contribution in [3.05, 3.63) is 72.2 Å². The molecule has 0 fully saturated rings. The summed E-state index contributed by atoms with van der Waals surface area (Å²) in [5.41, 5.74) is 1.33. The van der Waals surface area contributed by atoms with Crippen LogP contribution >= 0.6 is 7.60 Å². The van der Waals surface area contributed by atoms with Gasteiger partial charge in [-0.25, -0.2) is 0 Å². The largest absolute Gasteiger partial charge is 0.368 e.